The fraction of sp³-hybridized carbons (Fsp3) is 0.154. The van der Waals surface area contributed by atoms with Crippen LogP contribution in [0.5, 0.6) is 5.75 Å². The number of anilines is 1. The second kappa shape index (κ2) is 9.06. The van der Waals surface area contributed by atoms with E-state index in [1.165, 1.54) is 12.1 Å². The van der Waals surface area contributed by atoms with Crippen molar-refractivity contribution in [3.05, 3.63) is 95.5 Å². The normalized spacial score (nSPS) is 11.8. The molecule has 1 amide bonds. The van der Waals surface area contributed by atoms with E-state index in [2.05, 4.69) is 5.32 Å². The van der Waals surface area contributed by atoms with E-state index in [1.54, 1.807) is 55.5 Å². The van der Waals surface area contributed by atoms with E-state index < -0.39 is 17.8 Å². The fourth-order valence-corrected chi connectivity index (χ4v) is 3.38. The van der Waals surface area contributed by atoms with Crippen LogP contribution in [0.15, 0.2) is 77.2 Å². The monoisotopic (exact) mass is 431 g/mol. The lowest BCUT2D eigenvalue weighted by Crippen LogP contribution is -2.33. The second-order valence-corrected chi connectivity index (χ2v) is 7.43. The van der Waals surface area contributed by atoms with Crippen LogP contribution >= 0.6 is 0 Å². The number of hydrogen-bond acceptors (Lipinski definition) is 4. The van der Waals surface area contributed by atoms with Crippen molar-refractivity contribution < 1.29 is 23.1 Å². The lowest BCUT2D eigenvalue weighted by molar-refractivity contribution is -0.122. The minimum Gasteiger partial charge on any atom is -0.478 e. The Hall–Kier alpha value is -3.93. The highest BCUT2D eigenvalue weighted by molar-refractivity contribution is 6.17. The summed E-state index contributed by atoms with van der Waals surface area (Å²) in [6, 6.07) is 20.1. The Kier molecular flexibility index (Phi) is 6.03. The summed E-state index contributed by atoms with van der Waals surface area (Å²) in [5.41, 5.74) is 2.21. The fourth-order valence-electron chi connectivity index (χ4n) is 3.38. The predicted octanol–water partition coefficient (Wildman–Crippen LogP) is 5.91. The Morgan fingerprint density at radius 3 is 2.41 bits per heavy atom. The van der Waals surface area contributed by atoms with Gasteiger partial charge in [0, 0.05) is 10.9 Å². The molecular formula is C26H22FNO4. The van der Waals surface area contributed by atoms with E-state index in [0.29, 0.717) is 23.0 Å². The van der Waals surface area contributed by atoms with Gasteiger partial charge in [-0.3, -0.25) is 9.59 Å². The Morgan fingerprint density at radius 1 is 1.00 bits per heavy atom. The first-order valence-corrected chi connectivity index (χ1v) is 10.3. The van der Waals surface area contributed by atoms with Crippen LogP contribution in [0, 0.1) is 12.7 Å². The molecule has 162 valence electrons. The van der Waals surface area contributed by atoms with Crippen LogP contribution in [0.2, 0.25) is 0 Å². The van der Waals surface area contributed by atoms with Crippen molar-refractivity contribution in [1.29, 1.82) is 0 Å². The number of nitrogens with one attached hydrogen (secondary N) is 1. The molecule has 6 heteroatoms. The number of aryl methyl sites for hydroxylation is 1. The van der Waals surface area contributed by atoms with Crippen LogP contribution in [0.4, 0.5) is 10.1 Å². The molecule has 0 aliphatic rings. The molecule has 5 nitrogen and oxygen atoms in total. The second-order valence-electron chi connectivity index (χ2n) is 7.43. The molecule has 1 atom stereocenters. The summed E-state index contributed by atoms with van der Waals surface area (Å²) < 4.78 is 25.4. The number of fused-ring (bicyclic) bond motifs is 1. The van der Waals surface area contributed by atoms with Crippen molar-refractivity contribution >= 4 is 28.3 Å². The summed E-state index contributed by atoms with van der Waals surface area (Å²) in [7, 11) is 0. The quantitative estimate of drug-likeness (QED) is 0.370. The molecule has 0 fully saturated rings. The van der Waals surface area contributed by atoms with E-state index >= 15 is 0 Å². The minimum atomic E-state index is -0.956. The van der Waals surface area contributed by atoms with Gasteiger partial charge in [-0.1, -0.05) is 61.0 Å². The summed E-state index contributed by atoms with van der Waals surface area (Å²) in [5.74, 6) is -1.38. The van der Waals surface area contributed by atoms with Crippen LogP contribution in [0.1, 0.15) is 35.0 Å². The van der Waals surface area contributed by atoms with Gasteiger partial charge in [0.1, 0.15) is 5.58 Å². The van der Waals surface area contributed by atoms with E-state index in [9.17, 15) is 14.0 Å². The average Bonchev–Trinajstić information content (AvgIpc) is 3.17. The van der Waals surface area contributed by atoms with Crippen molar-refractivity contribution in [2.24, 2.45) is 0 Å². The lowest BCUT2D eigenvalue weighted by Gasteiger charge is -2.17. The third-order valence-corrected chi connectivity index (χ3v) is 5.13. The van der Waals surface area contributed by atoms with Gasteiger partial charge in [-0.15, -0.1) is 0 Å². The molecule has 0 saturated heterocycles. The summed E-state index contributed by atoms with van der Waals surface area (Å²) >= 11 is 0. The van der Waals surface area contributed by atoms with Gasteiger partial charge in [0.2, 0.25) is 5.78 Å². The molecule has 1 heterocycles. The van der Waals surface area contributed by atoms with Crippen LogP contribution in [0.25, 0.3) is 11.0 Å². The van der Waals surface area contributed by atoms with Gasteiger partial charge in [-0.25, -0.2) is 4.39 Å². The summed E-state index contributed by atoms with van der Waals surface area (Å²) in [6.45, 7) is 3.69. The highest BCUT2D eigenvalue weighted by atomic mass is 19.1. The Morgan fingerprint density at radius 2 is 1.69 bits per heavy atom. The number of furan rings is 1. The zero-order valence-electron chi connectivity index (χ0n) is 17.7. The van der Waals surface area contributed by atoms with Gasteiger partial charge in [0.05, 0.1) is 5.69 Å². The molecule has 0 radical (unpaired) electrons. The smallest absolute Gasteiger partial charge is 0.265 e. The van der Waals surface area contributed by atoms with Crippen molar-refractivity contribution in [2.75, 3.05) is 5.32 Å². The van der Waals surface area contributed by atoms with Gasteiger partial charge in [0.25, 0.3) is 5.91 Å². The Bertz CT molecular complexity index is 1280. The minimum absolute atomic E-state index is 0.0116. The number of para-hydroxylation sites is 2. The number of amides is 1. The number of benzene rings is 3. The maximum atomic E-state index is 14.0. The maximum Gasteiger partial charge on any atom is 0.265 e. The molecule has 1 N–H and O–H groups in total. The van der Waals surface area contributed by atoms with Crippen LogP contribution in [0.3, 0.4) is 0 Å². The van der Waals surface area contributed by atoms with Crippen molar-refractivity contribution in [3.63, 3.8) is 0 Å². The molecule has 0 aliphatic carbocycles. The van der Waals surface area contributed by atoms with Crippen molar-refractivity contribution in [3.8, 4) is 5.75 Å². The molecule has 0 saturated carbocycles. The largest absolute Gasteiger partial charge is 0.478 e. The summed E-state index contributed by atoms with van der Waals surface area (Å²) in [5, 5.41) is 3.38. The SMILES string of the molecule is CCC(Oc1ccccc1F)C(=O)Nc1c(C(=O)c2ccc(C)cc2)oc2ccccc12. The molecule has 3 aromatic carbocycles. The third kappa shape index (κ3) is 4.25. The topological polar surface area (TPSA) is 68.5 Å². The van der Waals surface area contributed by atoms with Crippen LogP contribution in [-0.2, 0) is 4.79 Å². The van der Waals surface area contributed by atoms with Crippen LogP contribution in [-0.4, -0.2) is 17.8 Å². The van der Waals surface area contributed by atoms with E-state index in [4.69, 9.17) is 9.15 Å². The van der Waals surface area contributed by atoms with Crippen LogP contribution < -0.4 is 10.1 Å². The summed E-state index contributed by atoms with van der Waals surface area (Å²) in [6.07, 6.45) is -0.653. The maximum absolute atomic E-state index is 14.0. The van der Waals surface area contributed by atoms with Gasteiger partial charge >= 0.3 is 0 Å². The highest BCUT2D eigenvalue weighted by Crippen LogP contribution is 2.33. The number of halogens is 1. The molecular weight excluding hydrogens is 409 g/mol. The Labute approximate surface area is 184 Å². The predicted molar refractivity (Wildman–Crippen MR) is 121 cm³/mol. The summed E-state index contributed by atoms with van der Waals surface area (Å²) in [4.78, 5) is 26.2. The first-order valence-electron chi connectivity index (χ1n) is 10.3. The number of ketones is 1. The van der Waals surface area contributed by atoms with Gasteiger partial charge in [-0.2, -0.15) is 0 Å². The average molecular weight is 431 g/mol. The zero-order chi connectivity index (χ0) is 22.7. The molecule has 0 bridgehead atoms. The number of hydrogen-bond donors (Lipinski definition) is 1. The molecule has 4 rings (SSSR count). The first-order chi connectivity index (χ1) is 15.5. The van der Waals surface area contributed by atoms with E-state index in [1.807, 2.05) is 19.1 Å². The Balaban J connectivity index is 1.67. The zero-order valence-corrected chi connectivity index (χ0v) is 17.7. The first kappa shape index (κ1) is 21.3. The molecule has 32 heavy (non-hydrogen) atoms. The standard InChI is InChI=1S/C26H22FNO4/c1-3-20(31-22-11-7-5-9-19(22)27)26(30)28-23-18-8-4-6-10-21(18)32-25(23)24(29)17-14-12-16(2)13-15-17/h4-15,20H,3H2,1-2H3,(H,28,30). The number of carbonyl (C=O) groups is 2. The molecule has 1 aromatic heterocycles. The number of ether oxygens (including phenoxy) is 1. The molecule has 0 spiro atoms. The van der Waals surface area contributed by atoms with Crippen molar-refractivity contribution in [1.82, 2.24) is 0 Å². The highest BCUT2D eigenvalue weighted by Gasteiger charge is 2.27. The van der Waals surface area contributed by atoms with Gasteiger partial charge in [-0.05, 0) is 37.6 Å². The molecule has 0 aliphatic heterocycles. The lowest BCUT2D eigenvalue weighted by atomic mass is 10.1. The third-order valence-electron chi connectivity index (χ3n) is 5.13. The molecule has 4 aromatic rings. The van der Waals surface area contributed by atoms with E-state index in [-0.39, 0.29) is 23.0 Å². The van der Waals surface area contributed by atoms with Gasteiger partial charge < -0.3 is 14.5 Å². The molecule has 1 unspecified atom stereocenters. The number of carbonyl (C=O) groups excluding carboxylic acids is 2. The van der Waals surface area contributed by atoms with Crippen molar-refractivity contribution in [2.45, 2.75) is 26.4 Å². The van der Waals surface area contributed by atoms with E-state index in [0.717, 1.165) is 5.56 Å². The van der Waals surface area contributed by atoms with Gasteiger partial charge in [0.15, 0.2) is 23.4 Å². The number of rotatable bonds is 7.